The van der Waals surface area contributed by atoms with Crippen LogP contribution < -0.4 is 40.0 Å². The van der Waals surface area contributed by atoms with Gasteiger partial charge in [0.05, 0.1) is 12.5 Å². The second-order valence-corrected chi connectivity index (χ2v) is 2.36. The van der Waals surface area contributed by atoms with Crippen molar-refractivity contribution in [3.05, 3.63) is 0 Å². The van der Waals surface area contributed by atoms with Gasteiger partial charge in [0.1, 0.15) is 5.38 Å². The molecule has 0 aromatic heterocycles. The topological polar surface area (TPSA) is 69.2 Å². The number of carbonyl (C=O) groups excluding carboxylic acids is 2. The van der Waals surface area contributed by atoms with Crippen molar-refractivity contribution in [2.24, 2.45) is 0 Å². The number of carboxylic acid groups (broad SMARTS) is 1. The van der Waals surface area contributed by atoms with E-state index in [1.807, 2.05) is 5.32 Å². The number of nitrogens with one attached hydrogen (secondary N) is 1. The average Bonchev–Trinajstić information content (AvgIpc) is 1.82. The van der Waals surface area contributed by atoms with Crippen molar-refractivity contribution in [1.29, 1.82) is 0 Å². The first kappa shape index (κ1) is 13.8. The maximum Gasteiger partial charge on any atom is 1.00 e. The van der Waals surface area contributed by atoms with Crippen molar-refractivity contribution in [3.63, 3.8) is 0 Å². The van der Waals surface area contributed by atoms with Gasteiger partial charge in [0.2, 0.25) is 5.91 Å². The molecular weight excluding hydrogens is 181 g/mol. The van der Waals surface area contributed by atoms with Crippen LogP contribution >= 0.6 is 11.6 Å². The third-order valence-corrected chi connectivity index (χ3v) is 0.966. The summed E-state index contributed by atoms with van der Waals surface area (Å²) in [5.41, 5.74) is 0. The van der Waals surface area contributed by atoms with E-state index in [0.29, 0.717) is 0 Å². The molecule has 0 aromatic rings. The van der Waals surface area contributed by atoms with Crippen molar-refractivity contribution < 1.29 is 44.3 Å². The molecule has 0 rings (SSSR count). The Morgan fingerprint density at radius 1 is 1.64 bits per heavy atom. The first-order chi connectivity index (χ1) is 4.54. The number of hydrogen-bond acceptors (Lipinski definition) is 3. The van der Waals surface area contributed by atoms with E-state index in [0.717, 1.165) is 0 Å². The van der Waals surface area contributed by atoms with Crippen molar-refractivity contribution in [2.45, 2.75) is 12.3 Å². The minimum atomic E-state index is -1.33. The Morgan fingerprint density at radius 2 is 2.09 bits per heavy atom. The van der Waals surface area contributed by atoms with Crippen LogP contribution in [0.1, 0.15) is 6.92 Å². The molecule has 4 nitrogen and oxygen atoms in total. The Hall–Kier alpha value is 0.230. The van der Waals surface area contributed by atoms with Crippen LogP contribution in [0.3, 0.4) is 0 Å². The summed E-state index contributed by atoms with van der Waals surface area (Å²) in [4.78, 5) is 20.3. The van der Waals surface area contributed by atoms with E-state index in [1.54, 1.807) is 0 Å². The SMILES string of the molecule is CC(Cl)C(=O)NCC(=O)[O-].[Na+]. The molecule has 0 saturated carbocycles. The van der Waals surface area contributed by atoms with E-state index in [9.17, 15) is 14.7 Å². The maximum absolute atomic E-state index is 10.5. The minimum absolute atomic E-state index is 0. The van der Waals surface area contributed by atoms with Crippen molar-refractivity contribution in [2.75, 3.05) is 6.54 Å². The minimum Gasteiger partial charge on any atom is -0.548 e. The normalized spacial score (nSPS) is 11.1. The fourth-order valence-electron chi connectivity index (χ4n) is 0.300. The summed E-state index contributed by atoms with van der Waals surface area (Å²) >= 11 is 5.29. The zero-order valence-corrected chi connectivity index (χ0v) is 9.14. The van der Waals surface area contributed by atoms with Crippen molar-refractivity contribution in [3.8, 4) is 0 Å². The van der Waals surface area contributed by atoms with Crippen LogP contribution in [0.25, 0.3) is 0 Å². The number of rotatable bonds is 3. The molecule has 0 aliphatic carbocycles. The molecule has 1 atom stereocenters. The van der Waals surface area contributed by atoms with Crippen LogP contribution in [-0.2, 0) is 9.59 Å². The number of carboxylic acids is 1. The largest absolute Gasteiger partial charge is 1.00 e. The molecule has 58 valence electrons. The van der Waals surface area contributed by atoms with Crippen LogP contribution in [0.4, 0.5) is 0 Å². The summed E-state index contributed by atoms with van der Waals surface area (Å²) in [6, 6.07) is 0. The molecule has 0 radical (unpaired) electrons. The number of halogens is 1. The van der Waals surface area contributed by atoms with E-state index in [-0.39, 0.29) is 29.6 Å². The Balaban J connectivity index is 0. The molecular formula is C5H7ClNNaO3. The number of aliphatic carboxylic acids is 1. The first-order valence-electron chi connectivity index (χ1n) is 2.65. The summed E-state index contributed by atoms with van der Waals surface area (Å²) < 4.78 is 0. The van der Waals surface area contributed by atoms with E-state index in [1.165, 1.54) is 6.92 Å². The number of carbonyl (C=O) groups is 2. The van der Waals surface area contributed by atoms with Gasteiger partial charge in [-0.1, -0.05) is 0 Å². The van der Waals surface area contributed by atoms with Gasteiger partial charge in [-0.2, -0.15) is 0 Å². The Kier molecular flexibility index (Phi) is 8.67. The molecule has 0 spiro atoms. The zero-order valence-electron chi connectivity index (χ0n) is 6.39. The summed E-state index contributed by atoms with van der Waals surface area (Å²) in [6.07, 6.45) is 0. The fraction of sp³-hybridized carbons (Fsp3) is 0.600. The van der Waals surface area contributed by atoms with Gasteiger partial charge in [-0.15, -0.1) is 11.6 Å². The molecule has 1 unspecified atom stereocenters. The first-order valence-corrected chi connectivity index (χ1v) is 3.09. The Morgan fingerprint density at radius 3 is 2.36 bits per heavy atom. The van der Waals surface area contributed by atoms with E-state index >= 15 is 0 Å². The number of alkyl halides is 1. The molecule has 0 bridgehead atoms. The number of hydrogen-bond donors (Lipinski definition) is 1. The summed E-state index contributed by atoms with van der Waals surface area (Å²) in [7, 11) is 0. The van der Waals surface area contributed by atoms with Gasteiger partial charge in [-0.25, -0.2) is 0 Å². The molecule has 11 heavy (non-hydrogen) atoms. The Bertz CT molecular complexity index is 151. The zero-order chi connectivity index (χ0) is 8.15. The van der Waals surface area contributed by atoms with Gasteiger partial charge in [0.15, 0.2) is 0 Å². The van der Waals surface area contributed by atoms with Crippen molar-refractivity contribution in [1.82, 2.24) is 5.32 Å². The summed E-state index contributed by atoms with van der Waals surface area (Å²) in [5, 5.41) is 11.1. The maximum atomic E-state index is 10.5. The van der Waals surface area contributed by atoms with E-state index < -0.39 is 23.8 Å². The molecule has 1 N–H and O–H groups in total. The standard InChI is InChI=1S/C5H8ClNO3.Na/c1-3(6)5(10)7-2-4(8)9;/h3H,2H2,1H3,(H,7,10)(H,8,9);/q;+1/p-1. The van der Waals surface area contributed by atoms with Crippen molar-refractivity contribution >= 4 is 23.5 Å². The van der Waals surface area contributed by atoms with E-state index in [2.05, 4.69) is 0 Å². The summed E-state index contributed by atoms with van der Waals surface area (Å²) in [6.45, 7) is 0.960. The second kappa shape index (κ2) is 6.91. The van der Waals surface area contributed by atoms with Crippen LogP contribution in [0, 0.1) is 0 Å². The molecule has 0 fully saturated rings. The smallest absolute Gasteiger partial charge is 0.548 e. The number of amides is 1. The van der Waals surface area contributed by atoms with Gasteiger partial charge in [-0.05, 0) is 6.92 Å². The quantitative estimate of drug-likeness (QED) is 0.358. The van der Waals surface area contributed by atoms with Gasteiger partial charge in [0, 0.05) is 0 Å². The predicted molar refractivity (Wildman–Crippen MR) is 33.3 cm³/mol. The summed E-state index contributed by atoms with van der Waals surface area (Å²) in [5.74, 6) is -1.84. The van der Waals surface area contributed by atoms with Crippen LogP contribution in [0.15, 0.2) is 0 Å². The third-order valence-electron chi connectivity index (χ3n) is 0.768. The van der Waals surface area contributed by atoms with Gasteiger partial charge in [0.25, 0.3) is 0 Å². The average molecular weight is 188 g/mol. The molecule has 0 heterocycles. The van der Waals surface area contributed by atoms with Gasteiger partial charge < -0.3 is 15.2 Å². The van der Waals surface area contributed by atoms with E-state index in [4.69, 9.17) is 11.6 Å². The van der Waals surface area contributed by atoms with Crippen LogP contribution in [0.5, 0.6) is 0 Å². The van der Waals surface area contributed by atoms with Gasteiger partial charge in [-0.3, -0.25) is 4.79 Å². The molecule has 0 aliphatic rings. The Labute approximate surface area is 91.6 Å². The molecule has 0 aliphatic heterocycles. The second-order valence-electron chi connectivity index (χ2n) is 1.71. The fourth-order valence-corrected chi connectivity index (χ4v) is 0.377. The molecule has 1 amide bonds. The van der Waals surface area contributed by atoms with Crippen LogP contribution in [0.2, 0.25) is 0 Å². The third kappa shape index (κ3) is 8.13. The molecule has 0 aromatic carbocycles. The predicted octanol–water partition coefficient (Wildman–Crippen LogP) is -4.52. The van der Waals surface area contributed by atoms with Crippen LogP contribution in [-0.4, -0.2) is 23.8 Å². The van der Waals surface area contributed by atoms with Gasteiger partial charge >= 0.3 is 29.6 Å². The molecule has 0 saturated heterocycles. The monoisotopic (exact) mass is 187 g/mol. The molecule has 6 heteroatoms.